The van der Waals surface area contributed by atoms with Gasteiger partial charge >= 0.3 is 5.69 Å². The van der Waals surface area contributed by atoms with Gasteiger partial charge in [0.1, 0.15) is 5.82 Å². The van der Waals surface area contributed by atoms with E-state index < -0.39 is 17.1 Å². The average molecular weight is 299 g/mol. The maximum Gasteiger partial charge on any atom is 0.331 e. The minimum Gasteiger partial charge on any atom is -0.494 e. The number of rotatable bonds is 3. The number of aromatic amines is 1. The van der Waals surface area contributed by atoms with Crippen LogP contribution in [0.4, 0.5) is 4.39 Å². The number of halogens is 2. The zero-order chi connectivity index (χ0) is 14.9. The van der Waals surface area contributed by atoms with E-state index in [0.717, 1.165) is 4.57 Å². The fourth-order valence-corrected chi connectivity index (χ4v) is 2.09. The van der Waals surface area contributed by atoms with Gasteiger partial charge < -0.3 is 5.11 Å². The van der Waals surface area contributed by atoms with Crippen LogP contribution in [-0.4, -0.2) is 14.7 Å². The number of aromatic hydroxyl groups is 1. The van der Waals surface area contributed by atoms with Crippen molar-refractivity contribution in [2.45, 2.75) is 19.9 Å². The van der Waals surface area contributed by atoms with E-state index in [1.165, 1.54) is 18.2 Å². The van der Waals surface area contributed by atoms with E-state index in [9.17, 15) is 19.1 Å². The molecule has 0 amide bonds. The number of benzene rings is 1. The molecule has 2 rings (SSSR count). The second-order valence-corrected chi connectivity index (χ2v) is 4.66. The van der Waals surface area contributed by atoms with Crippen molar-refractivity contribution in [3.8, 4) is 5.88 Å². The predicted molar refractivity (Wildman–Crippen MR) is 72.9 cm³/mol. The minimum atomic E-state index is -0.731. The summed E-state index contributed by atoms with van der Waals surface area (Å²) in [5.74, 6) is -0.954. The normalized spacial score (nSPS) is 10.8. The SMILES string of the molecule is CCc1c(O)n(Cc2ccc(F)c(Cl)c2)c(=O)[nH]c1=O. The Morgan fingerprint density at radius 1 is 1.40 bits per heavy atom. The molecular weight excluding hydrogens is 287 g/mol. The van der Waals surface area contributed by atoms with Crippen LogP contribution in [0, 0.1) is 5.82 Å². The van der Waals surface area contributed by atoms with E-state index in [1.54, 1.807) is 6.92 Å². The Bertz CT molecular complexity index is 767. The van der Waals surface area contributed by atoms with Gasteiger partial charge in [0.15, 0.2) is 0 Å². The van der Waals surface area contributed by atoms with Crippen LogP contribution < -0.4 is 11.2 Å². The first-order chi connectivity index (χ1) is 9.43. The van der Waals surface area contributed by atoms with Crippen molar-refractivity contribution in [1.82, 2.24) is 9.55 Å². The average Bonchev–Trinajstić information content (AvgIpc) is 2.39. The van der Waals surface area contributed by atoms with Crippen molar-refractivity contribution in [1.29, 1.82) is 0 Å². The van der Waals surface area contributed by atoms with Gasteiger partial charge in [0.05, 0.1) is 17.1 Å². The number of hydrogen-bond donors (Lipinski definition) is 2. The van der Waals surface area contributed by atoms with Crippen LogP contribution in [0.3, 0.4) is 0 Å². The molecule has 20 heavy (non-hydrogen) atoms. The number of nitrogens with one attached hydrogen (secondary N) is 1. The third-order valence-corrected chi connectivity index (χ3v) is 3.23. The summed E-state index contributed by atoms with van der Waals surface area (Å²) in [6.07, 6.45) is 0.283. The van der Waals surface area contributed by atoms with Gasteiger partial charge in [-0.2, -0.15) is 0 Å². The molecule has 1 aromatic heterocycles. The van der Waals surface area contributed by atoms with Crippen LogP contribution in [0.2, 0.25) is 5.02 Å². The van der Waals surface area contributed by atoms with Crippen molar-refractivity contribution in [3.05, 3.63) is 61.0 Å². The van der Waals surface area contributed by atoms with E-state index in [2.05, 4.69) is 4.98 Å². The summed E-state index contributed by atoms with van der Waals surface area (Å²) < 4.78 is 14.1. The third kappa shape index (κ3) is 2.60. The molecule has 0 radical (unpaired) electrons. The van der Waals surface area contributed by atoms with Gasteiger partial charge in [0.25, 0.3) is 5.56 Å². The highest BCUT2D eigenvalue weighted by Crippen LogP contribution is 2.18. The quantitative estimate of drug-likeness (QED) is 0.904. The number of aromatic nitrogens is 2. The Morgan fingerprint density at radius 2 is 2.10 bits per heavy atom. The smallest absolute Gasteiger partial charge is 0.331 e. The van der Waals surface area contributed by atoms with Crippen LogP contribution in [0.5, 0.6) is 5.88 Å². The fourth-order valence-electron chi connectivity index (χ4n) is 1.89. The third-order valence-electron chi connectivity index (χ3n) is 2.94. The second-order valence-electron chi connectivity index (χ2n) is 4.25. The summed E-state index contributed by atoms with van der Waals surface area (Å²) in [4.78, 5) is 25.4. The standard InChI is InChI=1S/C13H12ClFN2O3/c1-2-8-11(18)16-13(20)17(12(8)19)6-7-3-4-10(15)9(14)5-7/h3-5,19H,2,6H2,1H3,(H,16,18,20). The van der Waals surface area contributed by atoms with Crippen LogP contribution in [-0.2, 0) is 13.0 Å². The fraction of sp³-hybridized carbons (Fsp3) is 0.231. The topological polar surface area (TPSA) is 75.1 Å². The molecule has 0 aliphatic carbocycles. The molecule has 0 spiro atoms. The Balaban J connectivity index is 2.51. The van der Waals surface area contributed by atoms with Gasteiger partial charge in [-0.3, -0.25) is 14.3 Å². The largest absolute Gasteiger partial charge is 0.494 e. The molecule has 0 bridgehead atoms. The van der Waals surface area contributed by atoms with Crippen molar-refractivity contribution in [3.63, 3.8) is 0 Å². The molecule has 2 aromatic rings. The Hall–Kier alpha value is -2.08. The highest BCUT2D eigenvalue weighted by molar-refractivity contribution is 6.30. The molecule has 1 aromatic carbocycles. The first kappa shape index (κ1) is 14.3. The summed E-state index contributed by atoms with van der Waals surface area (Å²) in [5, 5.41) is 9.90. The van der Waals surface area contributed by atoms with Gasteiger partial charge in [0.2, 0.25) is 5.88 Å². The maximum atomic E-state index is 13.1. The van der Waals surface area contributed by atoms with Crippen LogP contribution in [0.25, 0.3) is 0 Å². The number of nitrogens with zero attached hydrogens (tertiary/aromatic N) is 1. The first-order valence-corrected chi connectivity index (χ1v) is 6.30. The van der Waals surface area contributed by atoms with Gasteiger partial charge in [-0.15, -0.1) is 0 Å². The van der Waals surface area contributed by atoms with E-state index in [1.807, 2.05) is 0 Å². The lowest BCUT2D eigenvalue weighted by Gasteiger charge is -2.11. The maximum absolute atomic E-state index is 13.1. The van der Waals surface area contributed by atoms with Gasteiger partial charge in [-0.25, -0.2) is 9.18 Å². The van der Waals surface area contributed by atoms with Crippen LogP contribution in [0.15, 0.2) is 27.8 Å². The van der Waals surface area contributed by atoms with E-state index in [-0.39, 0.29) is 29.4 Å². The lowest BCUT2D eigenvalue weighted by Crippen LogP contribution is -2.32. The Labute approximate surface area is 118 Å². The molecular formula is C13H12ClFN2O3. The summed E-state index contributed by atoms with van der Waals surface area (Å²) >= 11 is 5.66. The molecule has 0 atom stereocenters. The van der Waals surface area contributed by atoms with Crippen molar-refractivity contribution >= 4 is 11.6 Å². The Morgan fingerprint density at radius 3 is 2.70 bits per heavy atom. The van der Waals surface area contributed by atoms with Gasteiger partial charge in [-0.1, -0.05) is 24.6 Å². The van der Waals surface area contributed by atoms with Crippen LogP contribution in [0.1, 0.15) is 18.1 Å². The van der Waals surface area contributed by atoms with Crippen molar-refractivity contribution in [2.24, 2.45) is 0 Å². The summed E-state index contributed by atoms with van der Waals surface area (Å²) in [6, 6.07) is 3.98. The van der Waals surface area contributed by atoms with Crippen LogP contribution >= 0.6 is 11.6 Å². The van der Waals surface area contributed by atoms with Crippen molar-refractivity contribution < 1.29 is 9.50 Å². The predicted octanol–water partition coefficient (Wildman–Crippen LogP) is 1.65. The highest BCUT2D eigenvalue weighted by atomic mass is 35.5. The molecule has 7 heteroatoms. The van der Waals surface area contributed by atoms with E-state index in [4.69, 9.17) is 11.6 Å². The zero-order valence-electron chi connectivity index (χ0n) is 10.6. The molecule has 1 heterocycles. The first-order valence-electron chi connectivity index (χ1n) is 5.93. The monoisotopic (exact) mass is 298 g/mol. The molecule has 0 saturated heterocycles. The molecule has 0 aliphatic rings. The molecule has 106 valence electrons. The molecule has 2 N–H and O–H groups in total. The summed E-state index contributed by atoms with van der Waals surface area (Å²) in [7, 11) is 0. The van der Waals surface area contributed by atoms with Gasteiger partial charge in [-0.05, 0) is 24.1 Å². The van der Waals surface area contributed by atoms with Gasteiger partial charge in [0, 0.05) is 0 Å². The number of hydrogen-bond acceptors (Lipinski definition) is 3. The van der Waals surface area contributed by atoms with E-state index in [0.29, 0.717) is 5.56 Å². The van der Waals surface area contributed by atoms with E-state index >= 15 is 0 Å². The molecule has 0 aliphatic heterocycles. The molecule has 0 saturated carbocycles. The summed E-state index contributed by atoms with van der Waals surface area (Å²) in [6.45, 7) is 1.67. The minimum absolute atomic E-state index is 0.0194. The number of H-pyrrole nitrogens is 1. The highest BCUT2D eigenvalue weighted by Gasteiger charge is 2.13. The molecule has 0 fully saturated rings. The lowest BCUT2D eigenvalue weighted by atomic mass is 10.2. The van der Waals surface area contributed by atoms with Crippen molar-refractivity contribution in [2.75, 3.05) is 0 Å². The second kappa shape index (κ2) is 5.50. The molecule has 0 unspecified atom stereocenters. The lowest BCUT2D eigenvalue weighted by molar-refractivity contribution is 0.402. The summed E-state index contributed by atoms with van der Waals surface area (Å²) in [5.41, 5.74) is -0.686. The zero-order valence-corrected chi connectivity index (χ0v) is 11.4. The molecule has 5 nitrogen and oxygen atoms in total. The Kier molecular flexibility index (Phi) is 3.94.